The zero-order valence-corrected chi connectivity index (χ0v) is 6.63. The minimum absolute atomic E-state index is 0.00755. The van der Waals surface area contributed by atoms with Crippen molar-refractivity contribution >= 4 is 0 Å². The molecule has 1 N–H and O–H groups in total. The van der Waals surface area contributed by atoms with Crippen LogP contribution in [0.15, 0.2) is 12.1 Å². The summed E-state index contributed by atoms with van der Waals surface area (Å²) in [4.78, 5) is 0. The highest BCUT2D eigenvalue weighted by Gasteiger charge is 2.07. The van der Waals surface area contributed by atoms with Gasteiger partial charge in [0.25, 0.3) is 0 Å². The first-order chi connectivity index (χ1) is 5.69. The van der Waals surface area contributed by atoms with E-state index >= 15 is 0 Å². The van der Waals surface area contributed by atoms with Crippen molar-refractivity contribution in [3.8, 4) is 11.8 Å². The van der Waals surface area contributed by atoms with Gasteiger partial charge in [-0.2, -0.15) is 5.26 Å². The Bertz CT molecular complexity index is 341. The van der Waals surface area contributed by atoms with E-state index in [4.69, 9.17) is 10.4 Å². The standard InChI is InChI=1S/C9H8FNO/c1-2-6-3-7(5-11)9(12)8(10)4-6/h3-4,12H,2H2,1H3. The van der Waals surface area contributed by atoms with Crippen molar-refractivity contribution in [2.24, 2.45) is 0 Å². The predicted octanol–water partition coefficient (Wildman–Crippen LogP) is 1.97. The van der Waals surface area contributed by atoms with Crippen LogP contribution in [0.3, 0.4) is 0 Å². The number of nitriles is 1. The summed E-state index contributed by atoms with van der Waals surface area (Å²) in [6, 6.07) is 4.44. The Labute approximate surface area is 69.9 Å². The van der Waals surface area contributed by atoms with E-state index < -0.39 is 11.6 Å². The van der Waals surface area contributed by atoms with E-state index in [1.165, 1.54) is 12.1 Å². The highest BCUT2D eigenvalue weighted by molar-refractivity contribution is 5.45. The molecule has 0 atom stereocenters. The lowest BCUT2D eigenvalue weighted by molar-refractivity contribution is 0.430. The van der Waals surface area contributed by atoms with Crippen molar-refractivity contribution in [3.63, 3.8) is 0 Å². The lowest BCUT2D eigenvalue weighted by atomic mass is 10.1. The number of benzene rings is 1. The molecule has 0 heterocycles. The van der Waals surface area contributed by atoms with Crippen LogP contribution in [-0.2, 0) is 6.42 Å². The molecule has 3 heteroatoms. The van der Waals surface area contributed by atoms with Crippen LogP contribution in [0.1, 0.15) is 18.1 Å². The van der Waals surface area contributed by atoms with Gasteiger partial charge < -0.3 is 5.11 Å². The predicted molar refractivity (Wildman–Crippen MR) is 42.2 cm³/mol. The molecule has 0 aliphatic heterocycles. The smallest absolute Gasteiger partial charge is 0.169 e. The van der Waals surface area contributed by atoms with Crippen LogP contribution >= 0.6 is 0 Å². The molecule has 0 aromatic heterocycles. The first-order valence-corrected chi connectivity index (χ1v) is 3.60. The molecule has 0 unspecified atom stereocenters. The Morgan fingerprint density at radius 2 is 2.25 bits per heavy atom. The Morgan fingerprint density at radius 1 is 1.58 bits per heavy atom. The molecule has 0 spiro atoms. The summed E-state index contributed by atoms with van der Waals surface area (Å²) in [6.07, 6.45) is 0.645. The first kappa shape index (κ1) is 8.54. The van der Waals surface area contributed by atoms with Gasteiger partial charge in [0.2, 0.25) is 0 Å². The van der Waals surface area contributed by atoms with Crippen LogP contribution in [0.25, 0.3) is 0 Å². The van der Waals surface area contributed by atoms with Crippen LogP contribution in [0.2, 0.25) is 0 Å². The summed E-state index contributed by atoms with van der Waals surface area (Å²) in [7, 11) is 0. The van der Waals surface area contributed by atoms with Gasteiger partial charge in [-0.3, -0.25) is 0 Å². The third-order valence-electron chi connectivity index (χ3n) is 1.65. The van der Waals surface area contributed by atoms with E-state index in [0.29, 0.717) is 12.0 Å². The van der Waals surface area contributed by atoms with Crippen molar-refractivity contribution < 1.29 is 9.50 Å². The summed E-state index contributed by atoms with van der Waals surface area (Å²) in [6.45, 7) is 1.85. The molecule has 1 aromatic rings. The van der Waals surface area contributed by atoms with E-state index in [1.807, 2.05) is 6.92 Å². The number of rotatable bonds is 1. The quantitative estimate of drug-likeness (QED) is 0.691. The summed E-state index contributed by atoms with van der Waals surface area (Å²) in [5.74, 6) is -1.29. The Morgan fingerprint density at radius 3 is 2.75 bits per heavy atom. The van der Waals surface area contributed by atoms with Gasteiger partial charge in [0.1, 0.15) is 6.07 Å². The second-order valence-electron chi connectivity index (χ2n) is 2.44. The lowest BCUT2D eigenvalue weighted by Crippen LogP contribution is -1.87. The van der Waals surface area contributed by atoms with Gasteiger partial charge in [-0.25, -0.2) is 4.39 Å². The molecule has 0 amide bonds. The van der Waals surface area contributed by atoms with Crippen LogP contribution in [0, 0.1) is 17.1 Å². The summed E-state index contributed by atoms with van der Waals surface area (Å²) in [5, 5.41) is 17.5. The van der Waals surface area contributed by atoms with Crippen molar-refractivity contribution in [1.82, 2.24) is 0 Å². The zero-order chi connectivity index (χ0) is 9.14. The van der Waals surface area contributed by atoms with Crippen LogP contribution in [0.4, 0.5) is 4.39 Å². The maximum atomic E-state index is 12.8. The number of aromatic hydroxyl groups is 1. The zero-order valence-electron chi connectivity index (χ0n) is 6.63. The molecule has 0 saturated carbocycles. The molecular formula is C9H8FNO. The average Bonchev–Trinajstić information content (AvgIpc) is 2.09. The third kappa shape index (κ3) is 1.37. The SMILES string of the molecule is CCc1cc(F)c(O)c(C#N)c1. The number of aryl methyl sites for hydroxylation is 1. The molecule has 0 aliphatic rings. The number of phenols is 1. The third-order valence-corrected chi connectivity index (χ3v) is 1.65. The summed E-state index contributed by atoms with van der Waals surface area (Å²) < 4.78 is 12.8. The van der Waals surface area contributed by atoms with E-state index in [0.717, 1.165) is 0 Å². The molecule has 0 fully saturated rings. The number of nitrogens with zero attached hydrogens (tertiary/aromatic N) is 1. The Hall–Kier alpha value is -1.56. The van der Waals surface area contributed by atoms with Crippen molar-refractivity contribution in [2.75, 3.05) is 0 Å². The van der Waals surface area contributed by atoms with E-state index in [9.17, 15) is 4.39 Å². The number of halogens is 1. The fourth-order valence-electron chi connectivity index (χ4n) is 0.945. The number of phenolic OH excluding ortho intramolecular Hbond substituents is 1. The molecule has 12 heavy (non-hydrogen) atoms. The van der Waals surface area contributed by atoms with Gasteiger partial charge in [0.05, 0.1) is 5.56 Å². The van der Waals surface area contributed by atoms with Gasteiger partial charge in [-0.15, -0.1) is 0 Å². The molecule has 0 aliphatic carbocycles. The minimum atomic E-state index is -0.731. The maximum absolute atomic E-state index is 12.8. The first-order valence-electron chi connectivity index (χ1n) is 3.60. The number of hydrogen-bond donors (Lipinski definition) is 1. The molecular weight excluding hydrogens is 157 g/mol. The molecule has 0 saturated heterocycles. The molecule has 2 nitrogen and oxygen atoms in total. The second kappa shape index (κ2) is 3.22. The summed E-state index contributed by atoms with van der Waals surface area (Å²) >= 11 is 0. The fourth-order valence-corrected chi connectivity index (χ4v) is 0.945. The van der Waals surface area contributed by atoms with Gasteiger partial charge in [0.15, 0.2) is 11.6 Å². The van der Waals surface area contributed by atoms with Gasteiger partial charge in [0, 0.05) is 0 Å². The molecule has 0 radical (unpaired) electrons. The van der Waals surface area contributed by atoms with E-state index in [1.54, 1.807) is 6.07 Å². The molecule has 62 valence electrons. The summed E-state index contributed by atoms with van der Waals surface area (Å²) in [5.41, 5.74) is 0.703. The normalized spacial score (nSPS) is 9.42. The van der Waals surface area contributed by atoms with Crippen molar-refractivity contribution in [1.29, 1.82) is 5.26 Å². The Kier molecular flexibility index (Phi) is 2.29. The van der Waals surface area contributed by atoms with Gasteiger partial charge >= 0.3 is 0 Å². The highest BCUT2D eigenvalue weighted by atomic mass is 19.1. The lowest BCUT2D eigenvalue weighted by Gasteiger charge is -2.00. The number of hydrogen-bond acceptors (Lipinski definition) is 2. The molecule has 1 rings (SSSR count). The topological polar surface area (TPSA) is 44.0 Å². The monoisotopic (exact) mass is 165 g/mol. The van der Waals surface area contributed by atoms with Gasteiger partial charge in [-0.05, 0) is 24.1 Å². The maximum Gasteiger partial charge on any atom is 0.169 e. The van der Waals surface area contributed by atoms with E-state index in [2.05, 4.69) is 0 Å². The van der Waals surface area contributed by atoms with Gasteiger partial charge in [-0.1, -0.05) is 6.92 Å². The van der Waals surface area contributed by atoms with Crippen LogP contribution in [-0.4, -0.2) is 5.11 Å². The molecule has 0 bridgehead atoms. The largest absolute Gasteiger partial charge is 0.504 e. The minimum Gasteiger partial charge on any atom is -0.504 e. The Balaban J connectivity index is 3.31. The fraction of sp³-hybridized carbons (Fsp3) is 0.222. The van der Waals surface area contributed by atoms with Crippen LogP contribution in [0.5, 0.6) is 5.75 Å². The van der Waals surface area contributed by atoms with Crippen molar-refractivity contribution in [2.45, 2.75) is 13.3 Å². The average molecular weight is 165 g/mol. The van der Waals surface area contributed by atoms with E-state index in [-0.39, 0.29) is 5.56 Å². The molecule has 1 aromatic carbocycles. The second-order valence-corrected chi connectivity index (χ2v) is 2.44. The van der Waals surface area contributed by atoms with Crippen molar-refractivity contribution in [3.05, 3.63) is 29.1 Å². The highest BCUT2D eigenvalue weighted by Crippen LogP contribution is 2.22. The van der Waals surface area contributed by atoms with Crippen LogP contribution < -0.4 is 0 Å².